The molecule has 0 spiro atoms. The molecule has 0 heterocycles. The van der Waals surface area contributed by atoms with Crippen LogP contribution >= 0.6 is 0 Å². The van der Waals surface area contributed by atoms with Crippen LogP contribution in [0.1, 0.15) is 49.7 Å². The molecule has 0 amide bonds. The third-order valence-corrected chi connectivity index (χ3v) is 4.19. The van der Waals surface area contributed by atoms with Crippen LogP contribution in [-0.4, -0.2) is 29.7 Å². The van der Waals surface area contributed by atoms with E-state index in [1.807, 2.05) is 12.1 Å². The van der Waals surface area contributed by atoms with E-state index in [-0.39, 0.29) is 6.61 Å². The van der Waals surface area contributed by atoms with Gasteiger partial charge in [0.25, 0.3) is 0 Å². The van der Waals surface area contributed by atoms with Gasteiger partial charge in [-0.15, -0.1) is 0 Å². The SMILES string of the molecule is CN(Cc1ccccc1C#CCO)C1CCCCCC1. The zero-order chi connectivity index (χ0) is 14.2. The fraction of sp³-hybridized carbons (Fsp3) is 0.556. The molecule has 2 nitrogen and oxygen atoms in total. The smallest absolute Gasteiger partial charge is 0.104 e. The number of hydrogen-bond donors (Lipinski definition) is 1. The highest BCUT2D eigenvalue weighted by atomic mass is 16.2. The molecule has 0 aliphatic heterocycles. The zero-order valence-electron chi connectivity index (χ0n) is 12.4. The Hall–Kier alpha value is -1.30. The van der Waals surface area contributed by atoms with E-state index < -0.39 is 0 Å². The molecule has 0 bridgehead atoms. The molecule has 0 radical (unpaired) electrons. The van der Waals surface area contributed by atoms with Gasteiger partial charge in [-0.25, -0.2) is 0 Å². The van der Waals surface area contributed by atoms with E-state index in [0.717, 1.165) is 12.1 Å². The van der Waals surface area contributed by atoms with Crippen LogP contribution in [-0.2, 0) is 6.54 Å². The van der Waals surface area contributed by atoms with E-state index in [9.17, 15) is 0 Å². The second-order valence-electron chi connectivity index (χ2n) is 5.68. The maximum absolute atomic E-state index is 8.85. The molecule has 2 rings (SSSR count). The first kappa shape index (κ1) is 15.1. The topological polar surface area (TPSA) is 23.5 Å². The molecule has 1 N–H and O–H groups in total. The van der Waals surface area contributed by atoms with Crippen molar-refractivity contribution in [2.24, 2.45) is 0 Å². The fourth-order valence-electron chi connectivity index (χ4n) is 3.01. The average Bonchev–Trinajstić information content (AvgIpc) is 2.75. The van der Waals surface area contributed by atoms with Crippen molar-refractivity contribution in [1.29, 1.82) is 0 Å². The first-order chi connectivity index (χ1) is 9.81. The van der Waals surface area contributed by atoms with Crippen molar-refractivity contribution >= 4 is 0 Å². The standard InChI is InChI=1S/C18H25NO/c1-19(18-12-4-2-3-5-13-18)15-17-10-7-6-9-16(17)11-8-14-20/h6-7,9-10,18,20H,2-5,12-15H2,1H3. The van der Waals surface area contributed by atoms with E-state index in [0.29, 0.717) is 6.04 Å². The van der Waals surface area contributed by atoms with Crippen LogP contribution in [0.2, 0.25) is 0 Å². The highest BCUT2D eigenvalue weighted by Crippen LogP contribution is 2.22. The predicted molar refractivity (Wildman–Crippen MR) is 83.4 cm³/mol. The highest BCUT2D eigenvalue weighted by molar-refractivity contribution is 5.41. The summed E-state index contributed by atoms with van der Waals surface area (Å²) in [4.78, 5) is 2.48. The van der Waals surface area contributed by atoms with Crippen LogP contribution < -0.4 is 0 Å². The monoisotopic (exact) mass is 271 g/mol. The van der Waals surface area contributed by atoms with Crippen molar-refractivity contribution in [2.75, 3.05) is 13.7 Å². The zero-order valence-corrected chi connectivity index (χ0v) is 12.4. The Morgan fingerprint density at radius 2 is 1.85 bits per heavy atom. The summed E-state index contributed by atoms with van der Waals surface area (Å²) < 4.78 is 0. The van der Waals surface area contributed by atoms with Crippen molar-refractivity contribution in [2.45, 2.75) is 51.1 Å². The van der Waals surface area contributed by atoms with Crippen LogP contribution in [0.25, 0.3) is 0 Å². The summed E-state index contributed by atoms with van der Waals surface area (Å²) in [6.45, 7) is 0.869. The number of hydrogen-bond acceptors (Lipinski definition) is 2. The summed E-state index contributed by atoms with van der Waals surface area (Å²) in [6.07, 6.45) is 8.15. The Balaban J connectivity index is 2.04. The molecule has 20 heavy (non-hydrogen) atoms. The lowest BCUT2D eigenvalue weighted by molar-refractivity contribution is 0.213. The number of rotatable bonds is 3. The summed E-state index contributed by atoms with van der Waals surface area (Å²) in [5.74, 6) is 5.81. The molecule has 1 aromatic rings. The maximum Gasteiger partial charge on any atom is 0.104 e. The van der Waals surface area contributed by atoms with Crippen LogP contribution in [0.15, 0.2) is 24.3 Å². The van der Waals surface area contributed by atoms with Crippen molar-refractivity contribution in [3.8, 4) is 11.8 Å². The molecule has 0 atom stereocenters. The van der Waals surface area contributed by atoms with Gasteiger partial charge in [0.15, 0.2) is 0 Å². The lowest BCUT2D eigenvalue weighted by Crippen LogP contribution is -2.30. The number of aliphatic hydroxyl groups is 1. The quantitative estimate of drug-likeness (QED) is 0.674. The molecule has 1 aromatic carbocycles. The molecule has 1 aliphatic rings. The van der Waals surface area contributed by atoms with Gasteiger partial charge in [-0.1, -0.05) is 55.7 Å². The average molecular weight is 271 g/mol. The summed E-state index contributed by atoms with van der Waals surface area (Å²) in [7, 11) is 2.23. The van der Waals surface area contributed by atoms with Crippen molar-refractivity contribution < 1.29 is 5.11 Å². The molecular formula is C18H25NO. The van der Waals surface area contributed by atoms with E-state index in [4.69, 9.17) is 5.11 Å². The lowest BCUT2D eigenvalue weighted by atomic mass is 10.0. The van der Waals surface area contributed by atoms with Crippen LogP contribution in [0.5, 0.6) is 0 Å². The largest absolute Gasteiger partial charge is 0.384 e. The van der Waals surface area contributed by atoms with Gasteiger partial charge in [0.2, 0.25) is 0 Å². The van der Waals surface area contributed by atoms with Crippen LogP contribution in [0, 0.1) is 11.8 Å². The van der Waals surface area contributed by atoms with Gasteiger partial charge < -0.3 is 5.11 Å². The van der Waals surface area contributed by atoms with Crippen LogP contribution in [0.3, 0.4) is 0 Å². The van der Waals surface area contributed by atoms with Crippen molar-refractivity contribution in [3.05, 3.63) is 35.4 Å². The number of nitrogens with zero attached hydrogens (tertiary/aromatic N) is 1. The Bertz CT molecular complexity index is 464. The Labute approximate surface area is 122 Å². The first-order valence-electron chi connectivity index (χ1n) is 7.69. The van der Waals surface area contributed by atoms with E-state index in [2.05, 4.69) is 35.9 Å². The maximum atomic E-state index is 8.85. The van der Waals surface area contributed by atoms with Crippen molar-refractivity contribution in [3.63, 3.8) is 0 Å². The predicted octanol–water partition coefficient (Wildman–Crippen LogP) is 3.19. The molecular weight excluding hydrogens is 246 g/mol. The Morgan fingerprint density at radius 3 is 2.55 bits per heavy atom. The molecule has 1 saturated carbocycles. The summed E-state index contributed by atoms with van der Waals surface area (Å²) in [6, 6.07) is 8.97. The third-order valence-electron chi connectivity index (χ3n) is 4.19. The number of aliphatic hydroxyl groups excluding tert-OH is 1. The molecule has 2 heteroatoms. The van der Waals surface area contributed by atoms with Gasteiger partial charge in [-0.2, -0.15) is 0 Å². The first-order valence-corrected chi connectivity index (χ1v) is 7.69. The second-order valence-corrected chi connectivity index (χ2v) is 5.68. The molecule has 0 aromatic heterocycles. The summed E-state index contributed by atoms with van der Waals surface area (Å²) in [5.41, 5.74) is 2.31. The minimum atomic E-state index is -0.0766. The molecule has 108 valence electrons. The van der Waals surface area contributed by atoms with Gasteiger partial charge in [0, 0.05) is 18.2 Å². The minimum absolute atomic E-state index is 0.0766. The molecule has 1 aliphatic carbocycles. The Morgan fingerprint density at radius 1 is 1.15 bits per heavy atom. The van der Waals surface area contributed by atoms with Gasteiger partial charge in [0.05, 0.1) is 0 Å². The van der Waals surface area contributed by atoms with Gasteiger partial charge in [-0.3, -0.25) is 4.90 Å². The van der Waals surface area contributed by atoms with Gasteiger partial charge >= 0.3 is 0 Å². The van der Waals surface area contributed by atoms with E-state index in [1.54, 1.807) is 0 Å². The molecule has 0 unspecified atom stereocenters. The van der Waals surface area contributed by atoms with Crippen LogP contribution in [0.4, 0.5) is 0 Å². The van der Waals surface area contributed by atoms with Gasteiger partial charge in [-0.05, 0) is 31.5 Å². The Kier molecular flexibility index (Phi) is 6.11. The fourth-order valence-corrected chi connectivity index (χ4v) is 3.01. The highest BCUT2D eigenvalue weighted by Gasteiger charge is 2.17. The number of benzene rings is 1. The van der Waals surface area contributed by atoms with Crippen molar-refractivity contribution in [1.82, 2.24) is 4.90 Å². The third kappa shape index (κ3) is 4.37. The lowest BCUT2D eigenvalue weighted by Gasteiger charge is -2.27. The van der Waals surface area contributed by atoms with Gasteiger partial charge in [0.1, 0.15) is 6.61 Å². The second kappa shape index (κ2) is 8.09. The summed E-state index contributed by atoms with van der Waals surface area (Å²) in [5, 5.41) is 8.85. The summed E-state index contributed by atoms with van der Waals surface area (Å²) >= 11 is 0. The van der Waals surface area contributed by atoms with E-state index in [1.165, 1.54) is 44.1 Å². The molecule has 0 saturated heterocycles. The molecule has 1 fully saturated rings. The normalized spacial score (nSPS) is 16.6. The van der Waals surface area contributed by atoms with E-state index >= 15 is 0 Å². The minimum Gasteiger partial charge on any atom is -0.384 e.